The summed E-state index contributed by atoms with van der Waals surface area (Å²) in [5.41, 5.74) is 0.891. The predicted octanol–water partition coefficient (Wildman–Crippen LogP) is 2.76. The van der Waals surface area contributed by atoms with E-state index >= 15 is 0 Å². The summed E-state index contributed by atoms with van der Waals surface area (Å²) in [6, 6.07) is 5.39. The molecule has 2 atom stereocenters. The quantitative estimate of drug-likeness (QED) is 0.597. The van der Waals surface area contributed by atoms with Crippen LogP contribution in [0.15, 0.2) is 23.2 Å². The minimum Gasteiger partial charge on any atom is -0.490 e. The van der Waals surface area contributed by atoms with E-state index in [0.717, 1.165) is 17.9 Å². The van der Waals surface area contributed by atoms with Crippen LogP contribution in [0.2, 0.25) is 0 Å². The summed E-state index contributed by atoms with van der Waals surface area (Å²) < 4.78 is 34.6. The minimum atomic E-state index is -2.87. The van der Waals surface area contributed by atoms with Gasteiger partial charge in [0.15, 0.2) is 17.5 Å². The molecule has 0 radical (unpaired) electrons. The predicted molar refractivity (Wildman–Crippen MR) is 85.1 cm³/mol. The Morgan fingerprint density at radius 3 is 2.70 bits per heavy atom. The number of alkyl halides is 2. The molecular weight excluding hydrogens is 304 g/mol. The molecule has 0 aromatic heterocycles. The van der Waals surface area contributed by atoms with Crippen LogP contribution in [-0.2, 0) is 6.54 Å². The van der Waals surface area contributed by atoms with E-state index in [1.165, 1.54) is 6.07 Å². The zero-order chi connectivity index (χ0) is 16.8. The molecule has 128 valence electrons. The average molecular weight is 327 g/mol. The Hall–Kier alpha value is -2.05. The van der Waals surface area contributed by atoms with Gasteiger partial charge in [-0.1, -0.05) is 13.0 Å². The molecule has 2 unspecified atom stereocenters. The number of nitrogens with one attached hydrogen (secondary N) is 2. The highest BCUT2D eigenvalue weighted by Gasteiger charge is 2.33. The van der Waals surface area contributed by atoms with E-state index < -0.39 is 6.61 Å². The molecule has 1 aliphatic carbocycles. The van der Waals surface area contributed by atoms with E-state index in [0.29, 0.717) is 30.9 Å². The lowest BCUT2D eigenvalue weighted by molar-refractivity contribution is -0.0514. The van der Waals surface area contributed by atoms with Crippen molar-refractivity contribution in [3.8, 4) is 11.5 Å². The normalized spacial score (nSPS) is 20.3. The van der Waals surface area contributed by atoms with Gasteiger partial charge >= 0.3 is 6.61 Å². The van der Waals surface area contributed by atoms with E-state index in [-0.39, 0.29) is 5.75 Å². The summed E-state index contributed by atoms with van der Waals surface area (Å²) in [4.78, 5) is 4.17. The van der Waals surface area contributed by atoms with Gasteiger partial charge in [0.1, 0.15) is 0 Å². The van der Waals surface area contributed by atoms with Crippen molar-refractivity contribution in [2.24, 2.45) is 10.9 Å². The van der Waals surface area contributed by atoms with Crippen molar-refractivity contribution in [3.05, 3.63) is 23.8 Å². The van der Waals surface area contributed by atoms with Crippen LogP contribution >= 0.6 is 0 Å². The average Bonchev–Trinajstić information content (AvgIpc) is 3.20. The summed E-state index contributed by atoms with van der Waals surface area (Å²) in [5.74, 6) is 1.75. The summed E-state index contributed by atoms with van der Waals surface area (Å²) >= 11 is 0. The molecule has 1 aromatic carbocycles. The Balaban J connectivity index is 1.97. The van der Waals surface area contributed by atoms with E-state index in [2.05, 4.69) is 27.3 Å². The van der Waals surface area contributed by atoms with Crippen molar-refractivity contribution in [3.63, 3.8) is 0 Å². The van der Waals surface area contributed by atoms with Gasteiger partial charge in [0.25, 0.3) is 0 Å². The number of ether oxygens (including phenoxy) is 2. The van der Waals surface area contributed by atoms with E-state index in [9.17, 15) is 8.78 Å². The van der Waals surface area contributed by atoms with E-state index in [4.69, 9.17) is 4.74 Å². The molecule has 0 bridgehead atoms. The minimum absolute atomic E-state index is 0.0416. The number of rotatable bonds is 7. The zero-order valence-corrected chi connectivity index (χ0v) is 13.6. The van der Waals surface area contributed by atoms with Gasteiger partial charge in [-0.15, -0.1) is 0 Å². The number of hydrogen-bond donors (Lipinski definition) is 2. The van der Waals surface area contributed by atoms with Gasteiger partial charge in [0, 0.05) is 19.6 Å². The summed E-state index contributed by atoms with van der Waals surface area (Å²) in [6.07, 6.45) is 1.15. The molecule has 1 saturated carbocycles. The first-order valence-electron chi connectivity index (χ1n) is 7.71. The Morgan fingerprint density at radius 2 is 2.13 bits per heavy atom. The Labute approximate surface area is 135 Å². The van der Waals surface area contributed by atoms with Gasteiger partial charge in [-0.2, -0.15) is 8.78 Å². The van der Waals surface area contributed by atoms with Crippen LogP contribution in [-0.4, -0.2) is 32.3 Å². The first-order chi connectivity index (χ1) is 11.0. The second kappa shape index (κ2) is 7.99. The van der Waals surface area contributed by atoms with Crippen molar-refractivity contribution >= 4 is 5.96 Å². The fraction of sp³-hybridized carbons (Fsp3) is 0.562. The number of halogens is 2. The van der Waals surface area contributed by atoms with Gasteiger partial charge < -0.3 is 20.1 Å². The Kier molecular flexibility index (Phi) is 6.01. The van der Waals surface area contributed by atoms with Crippen LogP contribution in [0, 0.1) is 5.92 Å². The lowest BCUT2D eigenvalue weighted by Gasteiger charge is -2.14. The summed E-state index contributed by atoms with van der Waals surface area (Å²) in [7, 11) is 1.72. The molecule has 1 aromatic rings. The third-order valence-corrected chi connectivity index (χ3v) is 3.64. The van der Waals surface area contributed by atoms with Crippen LogP contribution in [0.5, 0.6) is 11.5 Å². The van der Waals surface area contributed by atoms with Crippen molar-refractivity contribution in [1.82, 2.24) is 10.6 Å². The number of hydrogen-bond acceptors (Lipinski definition) is 3. The highest BCUT2D eigenvalue weighted by atomic mass is 19.3. The van der Waals surface area contributed by atoms with E-state index in [1.807, 2.05) is 0 Å². The Bertz CT molecular complexity index is 552. The Morgan fingerprint density at radius 1 is 1.39 bits per heavy atom. The van der Waals surface area contributed by atoms with Gasteiger partial charge in [0.2, 0.25) is 0 Å². The molecular formula is C16H23F2N3O2. The SMILES string of the molecule is CCOc1cc(CNC(=NC)NC2CC2C)ccc1OC(F)F. The maximum Gasteiger partial charge on any atom is 0.387 e. The monoisotopic (exact) mass is 327 g/mol. The lowest BCUT2D eigenvalue weighted by Crippen LogP contribution is -2.38. The molecule has 7 heteroatoms. The molecule has 1 fully saturated rings. The molecule has 0 heterocycles. The van der Waals surface area contributed by atoms with Crippen LogP contribution < -0.4 is 20.1 Å². The second-order valence-corrected chi connectivity index (χ2v) is 5.48. The highest BCUT2D eigenvalue weighted by Crippen LogP contribution is 2.30. The fourth-order valence-corrected chi connectivity index (χ4v) is 2.20. The zero-order valence-electron chi connectivity index (χ0n) is 13.6. The smallest absolute Gasteiger partial charge is 0.387 e. The molecule has 5 nitrogen and oxygen atoms in total. The van der Waals surface area contributed by atoms with Crippen LogP contribution in [0.25, 0.3) is 0 Å². The first kappa shape index (κ1) is 17.3. The van der Waals surface area contributed by atoms with Crippen molar-refractivity contribution < 1.29 is 18.3 Å². The van der Waals surface area contributed by atoms with E-state index in [1.54, 1.807) is 26.1 Å². The van der Waals surface area contributed by atoms with Crippen LogP contribution in [0.3, 0.4) is 0 Å². The second-order valence-electron chi connectivity index (χ2n) is 5.48. The van der Waals surface area contributed by atoms with Crippen molar-refractivity contribution in [2.75, 3.05) is 13.7 Å². The number of guanidine groups is 1. The van der Waals surface area contributed by atoms with Crippen molar-refractivity contribution in [2.45, 2.75) is 39.5 Å². The van der Waals surface area contributed by atoms with Gasteiger partial charge in [0.05, 0.1) is 6.61 Å². The molecule has 23 heavy (non-hydrogen) atoms. The maximum atomic E-state index is 12.4. The fourth-order valence-electron chi connectivity index (χ4n) is 2.20. The molecule has 2 N–H and O–H groups in total. The van der Waals surface area contributed by atoms with Crippen LogP contribution in [0.4, 0.5) is 8.78 Å². The number of aliphatic imine (C=N–C) groups is 1. The molecule has 0 saturated heterocycles. The molecule has 0 spiro atoms. The molecule has 1 aliphatic rings. The van der Waals surface area contributed by atoms with Crippen molar-refractivity contribution in [1.29, 1.82) is 0 Å². The summed E-state index contributed by atoms with van der Waals surface area (Å²) in [5, 5.41) is 6.52. The standard InChI is InChI=1S/C16H23F2N3O2/c1-4-22-14-8-11(5-6-13(14)23-15(17)18)9-20-16(19-3)21-12-7-10(12)2/h5-6,8,10,12,15H,4,7,9H2,1-3H3,(H2,19,20,21). The molecule has 2 rings (SSSR count). The van der Waals surface area contributed by atoms with Gasteiger partial charge in [-0.25, -0.2) is 0 Å². The third kappa shape index (κ3) is 5.26. The van der Waals surface area contributed by atoms with Crippen LogP contribution in [0.1, 0.15) is 25.8 Å². The number of nitrogens with zero attached hydrogens (tertiary/aromatic N) is 1. The largest absolute Gasteiger partial charge is 0.490 e. The third-order valence-electron chi connectivity index (χ3n) is 3.64. The maximum absolute atomic E-state index is 12.4. The number of benzene rings is 1. The summed E-state index contributed by atoms with van der Waals surface area (Å²) in [6.45, 7) is 1.98. The highest BCUT2D eigenvalue weighted by molar-refractivity contribution is 5.80. The van der Waals surface area contributed by atoms with Gasteiger partial charge in [-0.05, 0) is 37.0 Å². The molecule has 0 aliphatic heterocycles. The topological polar surface area (TPSA) is 54.9 Å². The van der Waals surface area contributed by atoms with Gasteiger partial charge in [-0.3, -0.25) is 4.99 Å². The lowest BCUT2D eigenvalue weighted by atomic mass is 10.2. The molecule has 0 amide bonds. The first-order valence-corrected chi connectivity index (χ1v) is 7.71.